The fourth-order valence-corrected chi connectivity index (χ4v) is 3.60. The number of hydrogen-bond donors (Lipinski definition) is 0. The quantitative estimate of drug-likeness (QED) is 0.842. The van der Waals surface area contributed by atoms with Gasteiger partial charge in [0.1, 0.15) is 5.69 Å². The molecular formula is C19H30N4O2. The van der Waals surface area contributed by atoms with E-state index in [1.165, 1.54) is 6.42 Å². The van der Waals surface area contributed by atoms with Crippen molar-refractivity contribution in [3.63, 3.8) is 0 Å². The van der Waals surface area contributed by atoms with Gasteiger partial charge in [-0.05, 0) is 45.1 Å². The summed E-state index contributed by atoms with van der Waals surface area (Å²) >= 11 is 0. The minimum Gasteiger partial charge on any atom is -0.372 e. The highest BCUT2D eigenvalue weighted by molar-refractivity contribution is 5.92. The van der Waals surface area contributed by atoms with Gasteiger partial charge in [-0.2, -0.15) is 0 Å². The first-order chi connectivity index (χ1) is 11.9. The lowest BCUT2D eigenvalue weighted by atomic mass is 10.1. The standard InChI is InChI=1S/C19H30N4O2/c1-13(2)16-10-17(18(24)23-11-14(3)25-15(4)12-23)21-19(20-16)22-8-6-5-7-9-22/h10,13-15H,5-9,11-12H2,1-4H3. The molecule has 1 aromatic rings. The number of piperidine rings is 1. The van der Waals surface area contributed by atoms with Crippen molar-refractivity contribution in [1.82, 2.24) is 14.9 Å². The number of carbonyl (C=O) groups is 1. The summed E-state index contributed by atoms with van der Waals surface area (Å²) < 4.78 is 5.75. The molecule has 6 nitrogen and oxygen atoms in total. The summed E-state index contributed by atoms with van der Waals surface area (Å²) in [5, 5.41) is 0. The van der Waals surface area contributed by atoms with Crippen LogP contribution in [0.25, 0.3) is 0 Å². The summed E-state index contributed by atoms with van der Waals surface area (Å²) in [5.41, 5.74) is 1.45. The van der Waals surface area contributed by atoms with Crippen molar-refractivity contribution in [2.75, 3.05) is 31.1 Å². The number of hydrogen-bond acceptors (Lipinski definition) is 5. The van der Waals surface area contributed by atoms with E-state index in [0.717, 1.165) is 31.6 Å². The highest BCUT2D eigenvalue weighted by atomic mass is 16.5. The van der Waals surface area contributed by atoms with Gasteiger partial charge in [0.05, 0.1) is 12.2 Å². The van der Waals surface area contributed by atoms with Crippen molar-refractivity contribution in [3.8, 4) is 0 Å². The molecule has 2 saturated heterocycles. The van der Waals surface area contributed by atoms with Crippen LogP contribution < -0.4 is 4.90 Å². The second-order valence-electron chi connectivity index (χ2n) is 7.65. The Hall–Kier alpha value is -1.69. The van der Waals surface area contributed by atoms with Gasteiger partial charge in [0.15, 0.2) is 0 Å². The van der Waals surface area contributed by atoms with Crippen LogP contribution in [0.1, 0.15) is 69.1 Å². The summed E-state index contributed by atoms with van der Waals surface area (Å²) in [6, 6.07) is 1.87. The predicted molar refractivity (Wildman–Crippen MR) is 98.1 cm³/mol. The lowest BCUT2D eigenvalue weighted by Gasteiger charge is -2.35. The minimum atomic E-state index is -0.00967. The number of amides is 1. The molecule has 2 fully saturated rings. The van der Waals surface area contributed by atoms with E-state index >= 15 is 0 Å². The fourth-order valence-electron chi connectivity index (χ4n) is 3.60. The number of carbonyl (C=O) groups excluding carboxylic acids is 1. The molecule has 0 saturated carbocycles. The lowest BCUT2D eigenvalue weighted by Crippen LogP contribution is -2.48. The van der Waals surface area contributed by atoms with Gasteiger partial charge in [0, 0.05) is 31.9 Å². The molecule has 2 atom stereocenters. The Kier molecular flexibility index (Phi) is 5.57. The fraction of sp³-hybridized carbons (Fsp3) is 0.737. The van der Waals surface area contributed by atoms with E-state index in [4.69, 9.17) is 9.72 Å². The van der Waals surface area contributed by atoms with Gasteiger partial charge in [-0.15, -0.1) is 0 Å². The number of aromatic nitrogens is 2. The second-order valence-corrected chi connectivity index (χ2v) is 7.65. The zero-order valence-electron chi connectivity index (χ0n) is 15.9. The SMILES string of the molecule is CC1CN(C(=O)c2cc(C(C)C)nc(N3CCCCC3)n2)CC(C)O1. The second kappa shape index (κ2) is 7.68. The first-order valence-electron chi connectivity index (χ1n) is 9.52. The molecule has 0 bridgehead atoms. The molecule has 3 heterocycles. The van der Waals surface area contributed by atoms with E-state index in [1.54, 1.807) is 0 Å². The summed E-state index contributed by atoms with van der Waals surface area (Å²) in [7, 11) is 0. The maximum atomic E-state index is 13.1. The van der Waals surface area contributed by atoms with Crippen molar-refractivity contribution in [1.29, 1.82) is 0 Å². The maximum Gasteiger partial charge on any atom is 0.272 e. The molecule has 0 aromatic carbocycles. The van der Waals surface area contributed by atoms with Gasteiger partial charge in [-0.3, -0.25) is 4.79 Å². The molecule has 0 N–H and O–H groups in total. The number of nitrogens with zero attached hydrogens (tertiary/aromatic N) is 4. The monoisotopic (exact) mass is 346 g/mol. The molecule has 2 unspecified atom stereocenters. The summed E-state index contributed by atoms with van der Waals surface area (Å²) in [5.74, 6) is 0.966. The Balaban J connectivity index is 1.88. The van der Waals surface area contributed by atoms with Crippen LogP contribution in [-0.4, -0.2) is 59.2 Å². The summed E-state index contributed by atoms with van der Waals surface area (Å²) in [6.07, 6.45) is 3.70. The van der Waals surface area contributed by atoms with E-state index < -0.39 is 0 Å². The summed E-state index contributed by atoms with van der Waals surface area (Å²) in [4.78, 5) is 26.5. The van der Waals surface area contributed by atoms with Crippen LogP contribution in [0.3, 0.4) is 0 Å². The van der Waals surface area contributed by atoms with Gasteiger partial charge >= 0.3 is 0 Å². The first-order valence-corrected chi connectivity index (χ1v) is 9.52. The number of morpholine rings is 1. The van der Waals surface area contributed by atoms with Gasteiger partial charge < -0.3 is 14.5 Å². The molecule has 0 aliphatic carbocycles. The van der Waals surface area contributed by atoms with Crippen LogP contribution in [0, 0.1) is 0 Å². The van der Waals surface area contributed by atoms with Crippen LogP contribution >= 0.6 is 0 Å². The largest absolute Gasteiger partial charge is 0.372 e. The van der Waals surface area contributed by atoms with Crippen LogP contribution in [0.2, 0.25) is 0 Å². The number of ether oxygens (including phenoxy) is 1. The predicted octanol–water partition coefficient (Wildman–Crippen LogP) is 2.84. The zero-order chi connectivity index (χ0) is 18.0. The third kappa shape index (κ3) is 4.29. The van der Waals surface area contributed by atoms with Crippen molar-refractivity contribution >= 4 is 11.9 Å². The number of anilines is 1. The normalized spacial score (nSPS) is 24.7. The van der Waals surface area contributed by atoms with E-state index in [9.17, 15) is 4.79 Å². The Bertz CT molecular complexity index is 603. The molecule has 1 aromatic heterocycles. The molecule has 2 aliphatic rings. The molecule has 1 amide bonds. The molecule has 25 heavy (non-hydrogen) atoms. The average molecular weight is 346 g/mol. The highest BCUT2D eigenvalue weighted by Gasteiger charge is 2.28. The molecule has 3 rings (SSSR count). The van der Waals surface area contributed by atoms with E-state index in [-0.39, 0.29) is 24.0 Å². The Morgan fingerprint density at radius 3 is 2.36 bits per heavy atom. The molecule has 6 heteroatoms. The lowest BCUT2D eigenvalue weighted by molar-refractivity contribution is -0.0587. The van der Waals surface area contributed by atoms with Gasteiger partial charge in [0.2, 0.25) is 5.95 Å². The Morgan fingerprint density at radius 1 is 1.12 bits per heavy atom. The van der Waals surface area contributed by atoms with Crippen LogP contribution in [0.15, 0.2) is 6.07 Å². The first kappa shape index (κ1) is 18.1. The van der Waals surface area contributed by atoms with Crippen molar-refractivity contribution in [2.45, 2.75) is 65.1 Å². The van der Waals surface area contributed by atoms with Crippen molar-refractivity contribution < 1.29 is 9.53 Å². The number of rotatable bonds is 3. The molecule has 0 radical (unpaired) electrons. The van der Waals surface area contributed by atoms with Crippen LogP contribution in [-0.2, 0) is 4.74 Å². The van der Waals surface area contributed by atoms with Crippen LogP contribution in [0.5, 0.6) is 0 Å². The third-order valence-electron chi connectivity index (χ3n) is 4.89. The molecule has 2 aliphatic heterocycles. The van der Waals surface area contributed by atoms with Gasteiger partial charge in [-0.25, -0.2) is 9.97 Å². The smallest absolute Gasteiger partial charge is 0.272 e. The maximum absolute atomic E-state index is 13.1. The van der Waals surface area contributed by atoms with Gasteiger partial charge in [-0.1, -0.05) is 13.8 Å². The highest BCUT2D eigenvalue weighted by Crippen LogP contribution is 2.22. The van der Waals surface area contributed by atoms with E-state index in [2.05, 4.69) is 23.7 Å². The minimum absolute atomic E-state index is 0.00967. The molecular weight excluding hydrogens is 316 g/mol. The zero-order valence-corrected chi connectivity index (χ0v) is 15.9. The van der Waals surface area contributed by atoms with Crippen molar-refractivity contribution in [2.24, 2.45) is 0 Å². The Labute approximate surface area is 150 Å². The van der Waals surface area contributed by atoms with Gasteiger partial charge in [0.25, 0.3) is 5.91 Å². The van der Waals surface area contributed by atoms with Crippen molar-refractivity contribution in [3.05, 3.63) is 17.5 Å². The molecule has 0 spiro atoms. The topological polar surface area (TPSA) is 58.6 Å². The third-order valence-corrected chi connectivity index (χ3v) is 4.89. The Morgan fingerprint density at radius 2 is 1.76 bits per heavy atom. The molecule has 138 valence electrons. The van der Waals surface area contributed by atoms with E-state index in [0.29, 0.717) is 24.7 Å². The average Bonchev–Trinajstić information content (AvgIpc) is 2.60. The summed E-state index contributed by atoms with van der Waals surface area (Å²) in [6.45, 7) is 11.4. The van der Waals surface area contributed by atoms with E-state index in [1.807, 2.05) is 24.8 Å². The van der Waals surface area contributed by atoms with Crippen LogP contribution in [0.4, 0.5) is 5.95 Å².